The van der Waals surface area contributed by atoms with Crippen LogP contribution in [-0.2, 0) is 4.79 Å². The number of anilines is 1. The number of nitrogens with two attached hydrogens (primary N) is 1. The lowest BCUT2D eigenvalue weighted by atomic mass is 9.97. The lowest BCUT2D eigenvalue weighted by Gasteiger charge is -2.37. The predicted octanol–water partition coefficient (Wildman–Crippen LogP) is 2.97. The van der Waals surface area contributed by atoms with Crippen molar-refractivity contribution in [2.45, 2.75) is 46.6 Å². The second-order valence-corrected chi connectivity index (χ2v) is 7.41. The average Bonchev–Trinajstić information content (AvgIpc) is 2.73. The maximum atomic E-state index is 12.7. The van der Waals surface area contributed by atoms with E-state index >= 15 is 0 Å². The Morgan fingerprint density at radius 3 is 2.36 bits per heavy atom. The Kier molecular flexibility index (Phi) is 10.6. The molecule has 1 saturated heterocycles. The van der Waals surface area contributed by atoms with Crippen LogP contribution >= 0.6 is 0 Å². The first kappa shape index (κ1) is 24.0. The first-order valence-electron chi connectivity index (χ1n) is 10.4. The van der Waals surface area contributed by atoms with Crippen LogP contribution in [0.15, 0.2) is 36.8 Å². The van der Waals surface area contributed by atoms with Crippen LogP contribution in [0, 0.1) is 5.92 Å². The van der Waals surface area contributed by atoms with Gasteiger partial charge in [0.25, 0.3) is 0 Å². The molecule has 0 aliphatic carbocycles. The van der Waals surface area contributed by atoms with Crippen molar-refractivity contribution in [1.29, 1.82) is 0 Å². The van der Waals surface area contributed by atoms with Crippen LogP contribution in [0.25, 0.3) is 0 Å². The third-order valence-electron chi connectivity index (χ3n) is 5.20. The molecule has 1 aromatic heterocycles. The van der Waals surface area contributed by atoms with Crippen LogP contribution in [0.3, 0.4) is 0 Å². The maximum absolute atomic E-state index is 12.7. The number of carbonyl (C=O) groups is 1. The Labute approximate surface area is 171 Å². The summed E-state index contributed by atoms with van der Waals surface area (Å²) in [6.45, 7) is 16.2. The summed E-state index contributed by atoms with van der Waals surface area (Å²) in [5.41, 5.74) is 8.44. The highest BCUT2D eigenvalue weighted by Crippen LogP contribution is 2.17. The summed E-state index contributed by atoms with van der Waals surface area (Å²) in [6, 6.07) is 3.60. The summed E-state index contributed by atoms with van der Waals surface area (Å²) >= 11 is 0. The van der Waals surface area contributed by atoms with E-state index in [0.717, 1.165) is 56.9 Å². The number of piperazine rings is 1. The van der Waals surface area contributed by atoms with Gasteiger partial charge in [-0.2, -0.15) is 0 Å². The molecule has 2 unspecified atom stereocenters. The molecule has 0 bridgehead atoms. The van der Waals surface area contributed by atoms with Crippen molar-refractivity contribution in [2.75, 3.05) is 44.7 Å². The van der Waals surface area contributed by atoms with E-state index in [9.17, 15) is 4.79 Å². The highest BCUT2D eigenvalue weighted by molar-refractivity contribution is 5.82. The van der Waals surface area contributed by atoms with E-state index < -0.39 is 6.04 Å². The number of carbonyl (C=O) groups excluding carboxylic acids is 1. The van der Waals surface area contributed by atoms with Gasteiger partial charge in [-0.25, -0.2) is 0 Å². The van der Waals surface area contributed by atoms with Crippen molar-refractivity contribution in [3.63, 3.8) is 0 Å². The highest BCUT2D eigenvalue weighted by atomic mass is 16.2. The lowest BCUT2D eigenvalue weighted by Crippen LogP contribution is -2.53. The maximum Gasteiger partial charge on any atom is 0.239 e. The van der Waals surface area contributed by atoms with E-state index in [1.807, 2.05) is 44.9 Å². The summed E-state index contributed by atoms with van der Waals surface area (Å²) in [6.07, 6.45) is 5.35. The summed E-state index contributed by atoms with van der Waals surface area (Å²) in [5.74, 6) is 0.494. The first-order valence-corrected chi connectivity index (χ1v) is 10.4. The number of pyridine rings is 1. The first-order chi connectivity index (χ1) is 13.4. The third kappa shape index (κ3) is 7.50. The molecule has 0 aromatic carbocycles. The highest BCUT2D eigenvalue weighted by Gasteiger charge is 2.26. The van der Waals surface area contributed by atoms with Crippen LogP contribution in [0.1, 0.15) is 40.5 Å². The van der Waals surface area contributed by atoms with Crippen molar-refractivity contribution in [1.82, 2.24) is 14.8 Å². The molecule has 1 aliphatic rings. The smallest absolute Gasteiger partial charge is 0.239 e. The molecule has 2 atom stereocenters. The van der Waals surface area contributed by atoms with E-state index in [-0.39, 0.29) is 5.91 Å². The Hall–Kier alpha value is -2.08. The van der Waals surface area contributed by atoms with E-state index in [1.165, 1.54) is 0 Å². The molecule has 2 rings (SSSR count). The van der Waals surface area contributed by atoms with E-state index in [2.05, 4.69) is 28.3 Å². The van der Waals surface area contributed by atoms with Gasteiger partial charge in [-0.3, -0.25) is 9.78 Å². The van der Waals surface area contributed by atoms with Crippen LogP contribution < -0.4 is 10.6 Å². The Balaban J connectivity index is 0.00000190. The topological polar surface area (TPSA) is 65.7 Å². The van der Waals surface area contributed by atoms with Gasteiger partial charge in [0.2, 0.25) is 5.91 Å². The Morgan fingerprint density at radius 2 is 1.82 bits per heavy atom. The molecule has 0 saturated carbocycles. The zero-order valence-corrected chi connectivity index (χ0v) is 18.4. The van der Waals surface area contributed by atoms with Gasteiger partial charge in [-0.15, -0.1) is 0 Å². The summed E-state index contributed by atoms with van der Waals surface area (Å²) in [5, 5.41) is 0. The van der Waals surface area contributed by atoms with E-state index in [1.54, 1.807) is 12.4 Å². The van der Waals surface area contributed by atoms with Gasteiger partial charge in [0.15, 0.2) is 0 Å². The van der Waals surface area contributed by atoms with E-state index in [0.29, 0.717) is 5.92 Å². The second kappa shape index (κ2) is 12.4. The molecule has 1 fully saturated rings. The summed E-state index contributed by atoms with van der Waals surface area (Å²) in [7, 11) is 2.04. The molecule has 2 N–H and O–H groups in total. The minimum absolute atomic E-state index is 0.0829. The van der Waals surface area contributed by atoms with Gasteiger partial charge in [0.05, 0.1) is 6.04 Å². The number of hydrogen-bond acceptors (Lipinski definition) is 5. The number of amides is 1. The molecular weight excluding hydrogens is 350 g/mol. The van der Waals surface area contributed by atoms with Gasteiger partial charge in [-0.05, 0) is 37.8 Å². The Bertz CT molecular complexity index is 584. The molecule has 28 heavy (non-hydrogen) atoms. The average molecular weight is 390 g/mol. The summed E-state index contributed by atoms with van der Waals surface area (Å²) in [4.78, 5) is 23.1. The van der Waals surface area contributed by atoms with Gasteiger partial charge in [-0.1, -0.05) is 27.4 Å². The number of nitrogens with zero attached hydrogens (tertiary/aromatic N) is 4. The van der Waals surface area contributed by atoms with Crippen LogP contribution in [-0.4, -0.2) is 66.5 Å². The monoisotopic (exact) mass is 389 g/mol. The van der Waals surface area contributed by atoms with Gasteiger partial charge < -0.3 is 20.4 Å². The van der Waals surface area contributed by atoms with Gasteiger partial charge >= 0.3 is 0 Å². The Morgan fingerprint density at radius 1 is 1.25 bits per heavy atom. The number of aromatic nitrogens is 1. The number of rotatable bonds is 8. The second-order valence-electron chi connectivity index (χ2n) is 7.41. The SMILES string of the molecule is C=C(C)N(C)CCC(C)CC(N)C(=O)N1CCN(c2ccncc2)CC1.CC. The molecule has 6 heteroatoms. The minimum atomic E-state index is -0.410. The third-order valence-corrected chi connectivity index (χ3v) is 5.20. The van der Waals surface area contributed by atoms with Crippen molar-refractivity contribution in [2.24, 2.45) is 11.7 Å². The molecule has 0 spiro atoms. The molecule has 1 aliphatic heterocycles. The van der Waals surface area contributed by atoms with Crippen molar-refractivity contribution in [3.05, 3.63) is 36.8 Å². The zero-order valence-electron chi connectivity index (χ0n) is 18.4. The van der Waals surface area contributed by atoms with Crippen LogP contribution in [0.5, 0.6) is 0 Å². The molecule has 6 nitrogen and oxygen atoms in total. The standard InChI is InChI=1S/C20H33N5O.C2H6/c1-16(2)23(4)10-7-17(3)15-19(21)20(26)25-13-11-24(12-14-25)18-5-8-22-9-6-18;1-2/h5-6,8-9,17,19H,1,7,10-15,21H2,2-4H3;1-2H3. The molecule has 1 aromatic rings. The van der Waals surface area contributed by atoms with Crippen molar-refractivity contribution >= 4 is 11.6 Å². The molecular formula is C22H39N5O. The molecule has 1 amide bonds. The van der Waals surface area contributed by atoms with Gasteiger partial charge in [0, 0.05) is 63.5 Å². The summed E-state index contributed by atoms with van der Waals surface area (Å²) < 4.78 is 0. The number of hydrogen-bond donors (Lipinski definition) is 1. The fourth-order valence-corrected chi connectivity index (χ4v) is 3.23. The molecule has 0 radical (unpaired) electrons. The molecule has 2 heterocycles. The molecule has 158 valence electrons. The van der Waals surface area contributed by atoms with Crippen molar-refractivity contribution < 1.29 is 4.79 Å². The fraction of sp³-hybridized carbons (Fsp3) is 0.636. The van der Waals surface area contributed by atoms with E-state index in [4.69, 9.17) is 5.73 Å². The van der Waals surface area contributed by atoms with Crippen LogP contribution in [0.2, 0.25) is 0 Å². The van der Waals surface area contributed by atoms with Gasteiger partial charge in [0.1, 0.15) is 0 Å². The van der Waals surface area contributed by atoms with Crippen molar-refractivity contribution in [3.8, 4) is 0 Å². The predicted molar refractivity (Wildman–Crippen MR) is 118 cm³/mol. The normalized spacial score (nSPS) is 15.9. The zero-order chi connectivity index (χ0) is 21.1. The fourth-order valence-electron chi connectivity index (χ4n) is 3.23. The largest absolute Gasteiger partial charge is 0.379 e. The number of allylic oxidation sites excluding steroid dienone is 1. The van der Waals surface area contributed by atoms with Crippen LogP contribution in [0.4, 0.5) is 5.69 Å². The minimum Gasteiger partial charge on any atom is -0.379 e. The lowest BCUT2D eigenvalue weighted by molar-refractivity contribution is -0.133. The quantitative estimate of drug-likeness (QED) is 0.740.